The summed E-state index contributed by atoms with van der Waals surface area (Å²) < 4.78 is 10.8. The zero-order valence-corrected chi connectivity index (χ0v) is 11.7. The molecule has 5 nitrogen and oxygen atoms in total. The summed E-state index contributed by atoms with van der Waals surface area (Å²) >= 11 is 0. The summed E-state index contributed by atoms with van der Waals surface area (Å²) in [5, 5.41) is 0. The van der Waals surface area contributed by atoms with Crippen molar-refractivity contribution in [2.75, 3.05) is 14.2 Å². The molecule has 0 spiro atoms. The minimum atomic E-state index is 0.381. The van der Waals surface area contributed by atoms with Crippen molar-refractivity contribution in [3.63, 3.8) is 0 Å². The van der Waals surface area contributed by atoms with Crippen LogP contribution in [0.2, 0.25) is 0 Å². The van der Waals surface area contributed by atoms with Crippen molar-refractivity contribution in [2.24, 2.45) is 5.73 Å². The minimum absolute atomic E-state index is 0.381. The summed E-state index contributed by atoms with van der Waals surface area (Å²) in [5.41, 5.74) is 9.34. The fraction of sp³-hybridized carbons (Fsp3) is 0.357. The van der Waals surface area contributed by atoms with E-state index in [-0.39, 0.29) is 0 Å². The highest BCUT2D eigenvalue weighted by Crippen LogP contribution is 2.36. The van der Waals surface area contributed by atoms with Crippen LogP contribution in [0.3, 0.4) is 0 Å². The number of aromatic nitrogens is 2. The number of nitrogens with two attached hydrogens (primary N) is 1. The van der Waals surface area contributed by atoms with Crippen LogP contribution in [-0.2, 0) is 6.54 Å². The third-order valence-corrected chi connectivity index (χ3v) is 3.10. The Morgan fingerprint density at radius 2 is 1.84 bits per heavy atom. The van der Waals surface area contributed by atoms with E-state index in [2.05, 4.69) is 9.97 Å². The van der Waals surface area contributed by atoms with Crippen LogP contribution >= 0.6 is 0 Å². The van der Waals surface area contributed by atoms with Gasteiger partial charge in [0.25, 0.3) is 0 Å². The molecule has 1 heterocycles. The maximum Gasteiger partial charge on any atom is 0.128 e. The molecule has 1 aromatic carbocycles. The number of rotatable bonds is 4. The molecule has 0 aliphatic rings. The van der Waals surface area contributed by atoms with Crippen molar-refractivity contribution in [1.82, 2.24) is 9.97 Å². The van der Waals surface area contributed by atoms with Crippen molar-refractivity contribution in [2.45, 2.75) is 20.4 Å². The lowest BCUT2D eigenvalue weighted by molar-refractivity contribution is 0.401. The predicted molar refractivity (Wildman–Crippen MR) is 74.5 cm³/mol. The first kappa shape index (κ1) is 13.4. The number of hydrogen-bond donors (Lipinski definition) is 2. The Balaban J connectivity index is 2.62. The molecule has 0 radical (unpaired) electrons. The molecular formula is C14H19N3O2. The van der Waals surface area contributed by atoms with Crippen LogP contribution in [-0.4, -0.2) is 24.2 Å². The van der Waals surface area contributed by atoms with E-state index >= 15 is 0 Å². The lowest BCUT2D eigenvalue weighted by atomic mass is 10.1. The van der Waals surface area contributed by atoms with E-state index in [0.29, 0.717) is 6.54 Å². The van der Waals surface area contributed by atoms with Gasteiger partial charge in [0.1, 0.15) is 17.3 Å². The van der Waals surface area contributed by atoms with Gasteiger partial charge in [0.2, 0.25) is 0 Å². The predicted octanol–water partition coefficient (Wildman–Crippen LogP) is 2.17. The highest BCUT2D eigenvalue weighted by Gasteiger charge is 2.15. The summed E-state index contributed by atoms with van der Waals surface area (Å²) in [4.78, 5) is 7.66. The second kappa shape index (κ2) is 5.32. The lowest BCUT2D eigenvalue weighted by Crippen LogP contribution is -1.98. The van der Waals surface area contributed by atoms with Crippen molar-refractivity contribution in [3.8, 4) is 22.8 Å². The highest BCUT2D eigenvalue weighted by atomic mass is 16.5. The van der Waals surface area contributed by atoms with Gasteiger partial charge in [-0.3, -0.25) is 0 Å². The second-order valence-corrected chi connectivity index (χ2v) is 4.38. The summed E-state index contributed by atoms with van der Waals surface area (Å²) in [5.74, 6) is 2.35. The van der Waals surface area contributed by atoms with E-state index in [9.17, 15) is 0 Å². The van der Waals surface area contributed by atoms with Gasteiger partial charge in [0.05, 0.1) is 26.5 Å². The van der Waals surface area contributed by atoms with Crippen molar-refractivity contribution in [3.05, 3.63) is 29.2 Å². The fourth-order valence-electron chi connectivity index (χ4n) is 2.12. The number of aryl methyl sites for hydroxylation is 2. The Kier molecular flexibility index (Phi) is 3.76. The lowest BCUT2D eigenvalue weighted by Gasteiger charge is -2.12. The molecule has 0 aliphatic carbocycles. The van der Waals surface area contributed by atoms with Gasteiger partial charge < -0.3 is 20.2 Å². The molecule has 2 aromatic rings. The van der Waals surface area contributed by atoms with E-state index in [1.807, 2.05) is 26.0 Å². The van der Waals surface area contributed by atoms with Gasteiger partial charge in [-0.05, 0) is 31.5 Å². The van der Waals surface area contributed by atoms with E-state index in [1.165, 1.54) is 0 Å². The molecule has 0 bridgehead atoms. The monoisotopic (exact) mass is 261 g/mol. The van der Waals surface area contributed by atoms with Gasteiger partial charge >= 0.3 is 0 Å². The van der Waals surface area contributed by atoms with Gasteiger partial charge in [0.15, 0.2) is 0 Å². The number of hydrogen-bond acceptors (Lipinski definition) is 4. The number of benzene rings is 1. The fourth-order valence-corrected chi connectivity index (χ4v) is 2.12. The van der Waals surface area contributed by atoms with Gasteiger partial charge in [-0.2, -0.15) is 0 Å². The molecular weight excluding hydrogens is 242 g/mol. The van der Waals surface area contributed by atoms with Gasteiger partial charge in [-0.1, -0.05) is 0 Å². The molecule has 0 amide bonds. The first-order chi connectivity index (χ1) is 9.10. The summed E-state index contributed by atoms with van der Waals surface area (Å²) in [6, 6.07) is 3.89. The number of imidazole rings is 1. The topological polar surface area (TPSA) is 73.2 Å². The third kappa shape index (κ3) is 2.42. The van der Waals surface area contributed by atoms with Gasteiger partial charge in [-0.25, -0.2) is 4.98 Å². The van der Waals surface area contributed by atoms with Crippen LogP contribution in [0.25, 0.3) is 11.3 Å². The maximum absolute atomic E-state index is 5.61. The van der Waals surface area contributed by atoms with Crippen LogP contribution in [0.5, 0.6) is 11.5 Å². The first-order valence-corrected chi connectivity index (χ1v) is 6.09. The second-order valence-electron chi connectivity index (χ2n) is 4.38. The van der Waals surface area contributed by atoms with E-state index in [1.54, 1.807) is 14.2 Å². The van der Waals surface area contributed by atoms with Crippen LogP contribution in [0.1, 0.15) is 17.1 Å². The molecule has 102 valence electrons. The number of nitrogens with zero attached hydrogens (tertiary/aromatic N) is 1. The Morgan fingerprint density at radius 3 is 2.37 bits per heavy atom. The van der Waals surface area contributed by atoms with E-state index in [4.69, 9.17) is 15.2 Å². The number of methoxy groups -OCH3 is 2. The van der Waals surface area contributed by atoms with E-state index in [0.717, 1.165) is 39.8 Å². The Bertz CT molecular complexity index is 591. The third-order valence-electron chi connectivity index (χ3n) is 3.10. The van der Waals surface area contributed by atoms with Crippen molar-refractivity contribution >= 4 is 0 Å². The molecule has 2 rings (SSSR count). The van der Waals surface area contributed by atoms with Crippen LogP contribution in [0, 0.1) is 13.8 Å². The normalized spacial score (nSPS) is 10.6. The molecule has 0 unspecified atom stereocenters. The van der Waals surface area contributed by atoms with Crippen LogP contribution in [0.15, 0.2) is 12.1 Å². The maximum atomic E-state index is 5.61. The zero-order valence-electron chi connectivity index (χ0n) is 11.7. The molecule has 0 atom stereocenters. The number of aromatic amines is 1. The molecule has 0 aliphatic heterocycles. The smallest absolute Gasteiger partial charge is 0.128 e. The Labute approximate surface area is 112 Å². The molecule has 3 N–H and O–H groups in total. The number of nitrogens with one attached hydrogen (secondary N) is 1. The minimum Gasteiger partial charge on any atom is -0.496 e. The van der Waals surface area contributed by atoms with Gasteiger partial charge in [0, 0.05) is 11.3 Å². The van der Waals surface area contributed by atoms with Gasteiger partial charge in [-0.15, -0.1) is 0 Å². The quantitative estimate of drug-likeness (QED) is 0.884. The average Bonchev–Trinajstić information content (AvgIpc) is 2.79. The summed E-state index contributed by atoms with van der Waals surface area (Å²) in [6.07, 6.45) is 0. The average molecular weight is 261 g/mol. The van der Waals surface area contributed by atoms with E-state index < -0.39 is 0 Å². The molecule has 0 saturated carbocycles. The standard InChI is InChI=1S/C14H19N3O2/c1-8-5-12(19-4)10(6-11(8)18-3)14-9(2)16-13(7-15)17-14/h5-6H,7,15H2,1-4H3,(H,16,17). The first-order valence-electron chi connectivity index (χ1n) is 6.09. The summed E-state index contributed by atoms with van der Waals surface area (Å²) in [7, 11) is 3.30. The molecule has 1 aromatic heterocycles. The molecule has 0 saturated heterocycles. The largest absolute Gasteiger partial charge is 0.496 e. The van der Waals surface area contributed by atoms with Crippen LogP contribution < -0.4 is 15.2 Å². The number of ether oxygens (including phenoxy) is 2. The zero-order chi connectivity index (χ0) is 14.0. The van der Waals surface area contributed by atoms with Crippen LogP contribution in [0.4, 0.5) is 0 Å². The molecule has 5 heteroatoms. The SMILES string of the molecule is COc1cc(-c2nc(CN)[nH]c2C)c(OC)cc1C. The Hall–Kier alpha value is -2.01. The molecule has 19 heavy (non-hydrogen) atoms. The molecule has 0 fully saturated rings. The van der Waals surface area contributed by atoms with Crippen molar-refractivity contribution in [1.29, 1.82) is 0 Å². The number of H-pyrrole nitrogens is 1. The Morgan fingerprint density at radius 1 is 1.16 bits per heavy atom. The summed E-state index contributed by atoms with van der Waals surface area (Å²) in [6.45, 7) is 4.33. The highest BCUT2D eigenvalue weighted by molar-refractivity contribution is 5.72. The van der Waals surface area contributed by atoms with Crippen molar-refractivity contribution < 1.29 is 9.47 Å².